The monoisotopic (exact) mass is 368 g/mol. The topological polar surface area (TPSA) is 79.8 Å². The zero-order valence-electron chi connectivity index (χ0n) is 14.2. The van der Waals surface area contributed by atoms with Gasteiger partial charge in [-0.3, -0.25) is 9.36 Å². The SMILES string of the molecule is CCCCn1c(SCC(=O)N[C@@H](c2cccs2)C(C)C)n[nH]c1=O. The van der Waals surface area contributed by atoms with E-state index in [4.69, 9.17) is 0 Å². The Balaban J connectivity index is 1.94. The van der Waals surface area contributed by atoms with E-state index in [1.54, 1.807) is 15.9 Å². The molecule has 0 radical (unpaired) electrons. The third-order valence-corrected chi connectivity index (χ3v) is 5.56. The molecule has 2 rings (SSSR count). The Kier molecular flexibility index (Phi) is 7.11. The van der Waals surface area contributed by atoms with E-state index in [0.29, 0.717) is 17.6 Å². The molecule has 2 N–H and O–H groups in total. The Morgan fingerprint density at radius 1 is 1.50 bits per heavy atom. The highest BCUT2D eigenvalue weighted by Crippen LogP contribution is 2.26. The van der Waals surface area contributed by atoms with Crippen LogP contribution in [0.3, 0.4) is 0 Å². The summed E-state index contributed by atoms with van der Waals surface area (Å²) in [6, 6.07) is 4.05. The van der Waals surface area contributed by atoms with Crippen molar-refractivity contribution in [2.45, 2.75) is 51.4 Å². The van der Waals surface area contributed by atoms with Crippen molar-refractivity contribution in [2.24, 2.45) is 5.92 Å². The molecule has 0 aliphatic rings. The molecule has 1 atom stereocenters. The second kappa shape index (κ2) is 9.08. The molecule has 6 nitrogen and oxygen atoms in total. The van der Waals surface area contributed by atoms with Gasteiger partial charge in [-0.15, -0.1) is 16.4 Å². The molecular weight excluding hydrogens is 344 g/mol. The maximum Gasteiger partial charge on any atom is 0.343 e. The molecule has 0 bridgehead atoms. The van der Waals surface area contributed by atoms with Gasteiger partial charge in [0.15, 0.2) is 5.16 Å². The minimum Gasteiger partial charge on any atom is -0.347 e. The number of hydrogen-bond acceptors (Lipinski definition) is 5. The molecule has 0 aliphatic carbocycles. The summed E-state index contributed by atoms with van der Waals surface area (Å²) in [4.78, 5) is 25.2. The molecule has 0 saturated heterocycles. The lowest BCUT2D eigenvalue weighted by Crippen LogP contribution is -2.32. The molecule has 2 aromatic heterocycles. The minimum absolute atomic E-state index is 0.0135. The maximum absolute atomic E-state index is 12.3. The summed E-state index contributed by atoms with van der Waals surface area (Å²) in [7, 11) is 0. The van der Waals surface area contributed by atoms with Crippen molar-refractivity contribution in [2.75, 3.05) is 5.75 Å². The Hall–Kier alpha value is -1.54. The van der Waals surface area contributed by atoms with E-state index in [9.17, 15) is 9.59 Å². The fourth-order valence-electron chi connectivity index (χ4n) is 2.31. The number of nitrogens with zero attached hydrogens (tertiary/aromatic N) is 2. The molecular formula is C16H24N4O2S2. The largest absolute Gasteiger partial charge is 0.347 e. The number of nitrogens with one attached hydrogen (secondary N) is 2. The Morgan fingerprint density at radius 3 is 2.92 bits per heavy atom. The van der Waals surface area contributed by atoms with Gasteiger partial charge in [-0.1, -0.05) is 45.0 Å². The summed E-state index contributed by atoms with van der Waals surface area (Å²) in [6.45, 7) is 6.88. The summed E-state index contributed by atoms with van der Waals surface area (Å²) in [6.07, 6.45) is 1.91. The number of thiophene rings is 1. The van der Waals surface area contributed by atoms with E-state index in [-0.39, 0.29) is 23.4 Å². The van der Waals surface area contributed by atoms with Gasteiger partial charge in [0, 0.05) is 11.4 Å². The quantitative estimate of drug-likeness (QED) is 0.667. The Morgan fingerprint density at radius 2 is 2.29 bits per heavy atom. The second-order valence-corrected chi connectivity index (χ2v) is 7.83. The van der Waals surface area contributed by atoms with Crippen LogP contribution >= 0.6 is 23.1 Å². The molecule has 0 spiro atoms. The molecule has 0 fully saturated rings. The number of hydrogen-bond donors (Lipinski definition) is 2. The van der Waals surface area contributed by atoms with Crippen LogP contribution in [0.15, 0.2) is 27.5 Å². The first kappa shape index (κ1) is 18.8. The van der Waals surface area contributed by atoms with Crippen LogP contribution in [0.2, 0.25) is 0 Å². The molecule has 0 aliphatic heterocycles. The van der Waals surface area contributed by atoms with E-state index < -0.39 is 0 Å². The van der Waals surface area contributed by atoms with Crippen LogP contribution in [0, 0.1) is 5.92 Å². The predicted octanol–water partition coefficient (Wildman–Crippen LogP) is 3.04. The normalized spacial score (nSPS) is 12.5. The molecule has 2 heterocycles. The lowest BCUT2D eigenvalue weighted by molar-refractivity contribution is -0.119. The van der Waals surface area contributed by atoms with Crippen LogP contribution in [-0.2, 0) is 11.3 Å². The summed E-state index contributed by atoms with van der Waals surface area (Å²) < 4.78 is 1.60. The molecule has 1 amide bonds. The van der Waals surface area contributed by atoms with Crippen molar-refractivity contribution >= 4 is 29.0 Å². The molecule has 0 saturated carbocycles. The molecule has 24 heavy (non-hydrogen) atoms. The Labute approximate surface area is 150 Å². The fraction of sp³-hybridized carbons (Fsp3) is 0.562. The lowest BCUT2D eigenvalue weighted by Gasteiger charge is -2.21. The summed E-state index contributed by atoms with van der Waals surface area (Å²) in [5, 5.41) is 12.1. The van der Waals surface area contributed by atoms with E-state index in [0.717, 1.165) is 17.7 Å². The molecule has 2 aromatic rings. The first-order valence-electron chi connectivity index (χ1n) is 8.13. The highest BCUT2D eigenvalue weighted by molar-refractivity contribution is 7.99. The minimum atomic E-state index is -0.218. The molecule has 132 valence electrons. The van der Waals surface area contributed by atoms with Gasteiger partial charge in [0.25, 0.3) is 0 Å². The number of rotatable bonds is 9. The zero-order chi connectivity index (χ0) is 17.5. The Bertz CT molecular complexity index is 691. The van der Waals surface area contributed by atoms with Gasteiger partial charge in [0.05, 0.1) is 11.8 Å². The number of unbranched alkanes of at least 4 members (excludes halogenated alkanes) is 1. The van der Waals surface area contributed by atoms with Crippen LogP contribution in [0.1, 0.15) is 44.5 Å². The van der Waals surface area contributed by atoms with Crippen LogP contribution in [-0.4, -0.2) is 26.4 Å². The number of H-pyrrole nitrogens is 1. The van der Waals surface area contributed by atoms with Gasteiger partial charge in [0.1, 0.15) is 0 Å². The number of amides is 1. The van der Waals surface area contributed by atoms with Crippen molar-refractivity contribution in [1.29, 1.82) is 0 Å². The van der Waals surface area contributed by atoms with Crippen molar-refractivity contribution in [3.8, 4) is 0 Å². The van der Waals surface area contributed by atoms with E-state index >= 15 is 0 Å². The average Bonchev–Trinajstić information content (AvgIpc) is 3.18. The molecule has 8 heteroatoms. The molecule has 0 unspecified atom stereocenters. The van der Waals surface area contributed by atoms with Crippen molar-refractivity contribution in [3.63, 3.8) is 0 Å². The molecule has 0 aromatic carbocycles. The predicted molar refractivity (Wildman–Crippen MR) is 98.5 cm³/mol. The van der Waals surface area contributed by atoms with Crippen LogP contribution in [0.4, 0.5) is 0 Å². The summed E-state index contributed by atoms with van der Waals surface area (Å²) in [5.74, 6) is 0.501. The summed E-state index contributed by atoms with van der Waals surface area (Å²) >= 11 is 2.94. The van der Waals surface area contributed by atoms with Gasteiger partial charge in [-0.2, -0.15) is 0 Å². The highest BCUT2D eigenvalue weighted by Gasteiger charge is 2.20. The standard InChI is InChI=1S/C16H24N4O2S2/c1-4-5-8-20-15(22)18-19-16(20)24-10-13(21)17-14(11(2)3)12-7-6-9-23-12/h6-7,9,11,14H,4-5,8,10H2,1-3H3,(H,17,21)(H,18,22)/t14-/m1/s1. The first-order valence-corrected chi connectivity index (χ1v) is 10.00. The van der Waals surface area contributed by atoms with Crippen LogP contribution in [0.25, 0.3) is 0 Å². The number of thioether (sulfide) groups is 1. The third kappa shape index (κ3) is 4.98. The van der Waals surface area contributed by atoms with Crippen molar-refractivity contribution in [1.82, 2.24) is 20.1 Å². The van der Waals surface area contributed by atoms with E-state index in [1.165, 1.54) is 11.8 Å². The van der Waals surface area contributed by atoms with Gasteiger partial charge in [-0.05, 0) is 23.8 Å². The maximum atomic E-state index is 12.3. The van der Waals surface area contributed by atoms with Gasteiger partial charge < -0.3 is 5.32 Å². The summed E-state index contributed by atoms with van der Waals surface area (Å²) in [5.41, 5.74) is -0.218. The van der Waals surface area contributed by atoms with Crippen molar-refractivity contribution < 1.29 is 4.79 Å². The van der Waals surface area contributed by atoms with Crippen molar-refractivity contribution in [3.05, 3.63) is 32.9 Å². The van der Waals surface area contributed by atoms with Gasteiger partial charge in [0.2, 0.25) is 5.91 Å². The number of carbonyl (C=O) groups excluding carboxylic acids is 1. The van der Waals surface area contributed by atoms with Gasteiger partial charge in [-0.25, -0.2) is 9.89 Å². The van der Waals surface area contributed by atoms with E-state index in [1.807, 2.05) is 17.5 Å². The number of carbonyl (C=O) groups is 1. The fourth-order valence-corrected chi connectivity index (χ4v) is 4.04. The van der Waals surface area contributed by atoms with Crippen LogP contribution in [0.5, 0.6) is 0 Å². The third-order valence-electron chi connectivity index (χ3n) is 3.62. The number of aromatic nitrogens is 3. The smallest absolute Gasteiger partial charge is 0.343 e. The first-order chi connectivity index (χ1) is 11.5. The van der Waals surface area contributed by atoms with E-state index in [2.05, 4.69) is 36.3 Å². The van der Waals surface area contributed by atoms with Gasteiger partial charge >= 0.3 is 5.69 Å². The van der Waals surface area contributed by atoms with Crippen LogP contribution < -0.4 is 11.0 Å². The second-order valence-electron chi connectivity index (χ2n) is 5.91. The highest BCUT2D eigenvalue weighted by atomic mass is 32.2. The zero-order valence-corrected chi connectivity index (χ0v) is 15.9. The lowest BCUT2D eigenvalue weighted by atomic mass is 10.0. The number of aromatic amines is 1. The average molecular weight is 369 g/mol.